The number of nitrogens with one attached hydrogen (secondary N) is 1. The van der Waals surface area contributed by atoms with E-state index in [2.05, 4.69) is 24.1 Å². The maximum atomic E-state index is 13.8. The lowest BCUT2D eigenvalue weighted by atomic mass is 10.3. The van der Waals surface area contributed by atoms with E-state index in [0.29, 0.717) is 11.7 Å². The first-order chi connectivity index (χ1) is 9.49. The zero-order valence-corrected chi connectivity index (χ0v) is 13.1. The zero-order chi connectivity index (χ0) is 14.7. The van der Waals surface area contributed by atoms with Crippen molar-refractivity contribution in [2.24, 2.45) is 0 Å². The van der Waals surface area contributed by atoms with Gasteiger partial charge in [0, 0.05) is 24.5 Å². The van der Waals surface area contributed by atoms with Crippen molar-refractivity contribution in [2.75, 3.05) is 11.9 Å². The second-order valence-electron chi connectivity index (χ2n) is 5.05. The Kier molecular flexibility index (Phi) is 4.73. The first-order valence-corrected chi connectivity index (χ1v) is 7.48. The predicted octanol–water partition coefficient (Wildman–Crippen LogP) is 3.86. The third-order valence-corrected chi connectivity index (χ3v) is 4.29. The summed E-state index contributed by atoms with van der Waals surface area (Å²) in [5.41, 5.74) is 1.55. The third kappa shape index (κ3) is 3.35. The standard InChI is InChI=1S/C15H20FN3S/c1-10(2)17-9-14-11(3)18-15(20-14)19(4)13-8-6-5-7-12(13)16/h5-8,10,17H,9H2,1-4H3. The van der Waals surface area contributed by atoms with Gasteiger partial charge >= 0.3 is 0 Å². The quantitative estimate of drug-likeness (QED) is 0.907. The summed E-state index contributed by atoms with van der Waals surface area (Å²) in [6, 6.07) is 7.18. The summed E-state index contributed by atoms with van der Waals surface area (Å²) in [5, 5.41) is 4.20. The highest BCUT2D eigenvalue weighted by Gasteiger charge is 2.15. The molecule has 20 heavy (non-hydrogen) atoms. The minimum atomic E-state index is -0.232. The van der Waals surface area contributed by atoms with Crippen molar-refractivity contribution >= 4 is 22.2 Å². The van der Waals surface area contributed by atoms with E-state index in [0.717, 1.165) is 17.4 Å². The van der Waals surface area contributed by atoms with E-state index in [-0.39, 0.29) is 5.82 Å². The number of aryl methyl sites for hydroxylation is 1. The molecular formula is C15H20FN3S. The average molecular weight is 293 g/mol. The monoisotopic (exact) mass is 293 g/mol. The molecule has 2 aromatic rings. The van der Waals surface area contributed by atoms with Gasteiger partial charge in [-0.1, -0.05) is 37.3 Å². The minimum absolute atomic E-state index is 0.232. The number of thiazole rings is 1. The Morgan fingerprint density at radius 2 is 2.05 bits per heavy atom. The van der Waals surface area contributed by atoms with Gasteiger partial charge in [0.25, 0.3) is 0 Å². The van der Waals surface area contributed by atoms with Crippen LogP contribution in [-0.2, 0) is 6.54 Å². The molecule has 0 bridgehead atoms. The minimum Gasteiger partial charge on any atom is -0.318 e. The van der Waals surface area contributed by atoms with Crippen LogP contribution in [-0.4, -0.2) is 18.1 Å². The van der Waals surface area contributed by atoms with Crippen LogP contribution >= 0.6 is 11.3 Å². The van der Waals surface area contributed by atoms with Crippen molar-refractivity contribution in [1.29, 1.82) is 0 Å². The van der Waals surface area contributed by atoms with Gasteiger partial charge in [0.05, 0.1) is 11.4 Å². The van der Waals surface area contributed by atoms with Crippen LogP contribution < -0.4 is 10.2 Å². The zero-order valence-electron chi connectivity index (χ0n) is 12.3. The molecule has 0 aliphatic carbocycles. The molecule has 3 nitrogen and oxygen atoms in total. The first-order valence-electron chi connectivity index (χ1n) is 6.67. The van der Waals surface area contributed by atoms with Gasteiger partial charge < -0.3 is 10.2 Å². The van der Waals surface area contributed by atoms with Crippen LogP contribution in [0, 0.1) is 12.7 Å². The number of halogens is 1. The molecule has 108 valence electrons. The Morgan fingerprint density at radius 1 is 1.35 bits per heavy atom. The van der Waals surface area contributed by atoms with Crippen LogP contribution in [0.15, 0.2) is 24.3 Å². The summed E-state index contributed by atoms with van der Waals surface area (Å²) in [5.74, 6) is -0.232. The van der Waals surface area contributed by atoms with Crippen molar-refractivity contribution in [3.63, 3.8) is 0 Å². The topological polar surface area (TPSA) is 28.2 Å². The lowest BCUT2D eigenvalue weighted by Crippen LogP contribution is -2.21. The summed E-state index contributed by atoms with van der Waals surface area (Å²) in [6.45, 7) is 7.02. The van der Waals surface area contributed by atoms with Gasteiger partial charge in [-0.25, -0.2) is 9.37 Å². The van der Waals surface area contributed by atoms with Crippen molar-refractivity contribution in [1.82, 2.24) is 10.3 Å². The third-order valence-electron chi connectivity index (χ3n) is 3.05. The molecule has 1 aromatic carbocycles. The molecule has 0 radical (unpaired) electrons. The van der Waals surface area contributed by atoms with Crippen LogP contribution in [0.5, 0.6) is 0 Å². The number of benzene rings is 1. The van der Waals surface area contributed by atoms with Gasteiger partial charge in [0.15, 0.2) is 5.13 Å². The highest BCUT2D eigenvalue weighted by molar-refractivity contribution is 7.15. The van der Waals surface area contributed by atoms with Gasteiger partial charge in [-0.15, -0.1) is 0 Å². The van der Waals surface area contributed by atoms with Gasteiger partial charge in [0.2, 0.25) is 0 Å². The Morgan fingerprint density at radius 3 is 2.70 bits per heavy atom. The molecule has 1 N–H and O–H groups in total. The SMILES string of the molecule is Cc1nc(N(C)c2ccccc2F)sc1CNC(C)C. The molecule has 0 amide bonds. The number of anilines is 2. The molecule has 5 heteroatoms. The summed E-state index contributed by atoms with van der Waals surface area (Å²) < 4.78 is 13.8. The molecule has 0 unspecified atom stereocenters. The molecule has 0 aliphatic heterocycles. The van der Waals surface area contributed by atoms with Crippen LogP contribution in [0.1, 0.15) is 24.4 Å². The molecule has 2 rings (SSSR count). The number of aromatic nitrogens is 1. The molecule has 0 spiro atoms. The second kappa shape index (κ2) is 6.33. The fourth-order valence-electron chi connectivity index (χ4n) is 1.84. The summed E-state index contributed by atoms with van der Waals surface area (Å²) >= 11 is 1.60. The molecule has 0 saturated carbocycles. The van der Waals surface area contributed by atoms with E-state index < -0.39 is 0 Å². The highest BCUT2D eigenvalue weighted by Crippen LogP contribution is 2.31. The van der Waals surface area contributed by atoms with Gasteiger partial charge in [-0.05, 0) is 19.1 Å². The Hall–Kier alpha value is -1.46. The van der Waals surface area contributed by atoms with E-state index in [4.69, 9.17) is 0 Å². The van der Waals surface area contributed by atoms with Crippen LogP contribution in [0.4, 0.5) is 15.2 Å². The van der Waals surface area contributed by atoms with Crippen molar-refractivity contribution in [2.45, 2.75) is 33.4 Å². The van der Waals surface area contributed by atoms with E-state index >= 15 is 0 Å². The van der Waals surface area contributed by atoms with E-state index in [9.17, 15) is 4.39 Å². The molecule has 1 heterocycles. The summed E-state index contributed by atoms with van der Waals surface area (Å²) in [7, 11) is 1.84. The number of hydrogen-bond acceptors (Lipinski definition) is 4. The first kappa shape index (κ1) is 14.9. The molecule has 0 fully saturated rings. The van der Waals surface area contributed by atoms with Gasteiger partial charge in [0.1, 0.15) is 5.82 Å². The number of nitrogens with zero attached hydrogens (tertiary/aromatic N) is 2. The maximum absolute atomic E-state index is 13.8. The molecule has 0 saturated heterocycles. The van der Waals surface area contributed by atoms with Crippen LogP contribution in [0.2, 0.25) is 0 Å². The molecule has 0 atom stereocenters. The van der Waals surface area contributed by atoms with Crippen molar-refractivity contribution < 1.29 is 4.39 Å². The average Bonchev–Trinajstić information content (AvgIpc) is 2.77. The normalized spacial score (nSPS) is 11.1. The molecular weight excluding hydrogens is 273 g/mol. The lowest BCUT2D eigenvalue weighted by molar-refractivity contribution is 0.591. The Labute approximate surface area is 123 Å². The summed E-state index contributed by atoms with van der Waals surface area (Å²) in [4.78, 5) is 7.53. The fraction of sp³-hybridized carbons (Fsp3) is 0.400. The lowest BCUT2D eigenvalue weighted by Gasteiger charge is -2.16. The van der Waals surface area contributed by atoms with E-state index in [1.54, 1.807) is 28.4 Å². The van der Waals surface area contributed by atoms with E-state index in [1.165, 1.54) is 10.9 Å². The number of para-hydroxylation sites is 1. The van der Waals surface area contributed by atoms with Gasteiger partial charge in [-0.2, -0.15) is 0 Å². The fourth-order valence-corrected chi connectivity index (χ4v) is 2.83. The molecule has 0 aliphatic rings. The van der Waals surface area contributed by atoms with Crippen LogP contribution in [0.25, 0.3) is 0 Å². The number of rotatable bonds is 5. The Balaban J connectivity index is 2.21. The molecule has 1 aromatic heterocycles. The predicted molar refractivity (Wildman–Crippen MR) is 83.3 cm³/mol. The Bertz CT molecular complexity index is 580. The summed E-state index contributed by atoms with van der Waals surface area (Å²) in [6.07, 6.45) is 0. The smallest absolute Gasteiger partial charge is 0.190 e. The largest absolute Gasteiger partial charge is 0.318 e. The maximum Gasteiger partial charge on any atom is 0.190 e. The van der Waals surface area contributed by atoms with E-state index in [1.807, 2.05) is 20.0 Å². The highest BCUT2D eigenvalue weighted by atomic mass is 32.1. The van der Waals surface area contributed by atoms with Crippen LogP contribution in [0.3, 0.4) is 0 Å². The van der Waals surface area contributed by atoms with Crippen molar-refractivity contribution in [3.8, 4) is 0 Å². The second-order valence-corrected chi connectivity index (χ2v) is 6.11. The van der Waals surface area contributed by atoms with Crippen molar-refractivity contribution in [3.05, 3.63) is 40.7 Å². The number of hydrogen-bond donors (Lipinski definition) is 1. The van der Waals surface area contributed by atoms with Gasteiger partial charge in [-0.3, -0.25) is 0 Å².